The Morgan fingerprint density at radius 1 is 1.58 bits per heavy atom. The summed E-state index contributed by atoms with van der Waals surface area (Å²) in [5.74, 6) is -0.0750. The quantitative estimate of drug-likeness (QED) is 0.594. The molecule has 0 unspecified atom stereocenters. The Kier molecular flexibility index (Phi) is 5.66. The van der Waals surface area contributed by atoms with Crippen LogP contribution < -0.4 is 5.73 Å². The van der Waals surface area contributed by atoms with Gasteiger partial charge in [0.15, 0.2) is 0 Å². The summed E-state index contributed by atoms with van der Waals surface area (Å²) < 4.78 is 0. The molecule has 0 aromatic carbocycles. The molecule has 72 valence electrons. The van der Waals surface area contributed by atoms with Crippen LogP contribution in [0.3, 0.4) is 0 Å². The third kappa shape index (κ3) is 3.19. The summed E-state index contributed by atoms with van der Waals surface area (Å²) in [5.41, 5.74) is 5.55. The molecule has 0 fully saturated rings. The number of aliphatic hydroxyl groups is 1. The molecule has 0 rings (SSSR count). The maximum Gasteiger partial charge on any atom is 0.239 e. The van der Waals surface area contributed by atoms with Gasteiger partial charge in [0.2, 0.25) is 5.91 Å². The van der Waals surface area contributed by atoms with Crippen molar-refractivity contribution < 1.29 is 9.90 Å². The molecule has 1 atom stereocenters. The zero-order valence-corrected chi connectivity index (χ0v) is 7.79. The highest BCUT2D eigenvalue weighted by Crippen LogP contribution is 1.95. The number of nitrogens with zero attached hydrogens (tertiary/aromatic N) is 1. The van der Waals surface area contributed by atoms with Crippen molar-refractivity contribution in [3.63, 3.8) is 0 Å². The molecule has 0 aliphatic carbocycles. The van der Waals surface area contributed by atoms with Crippen molar-refractivity contribution >= 4 is 5.91 Å². The summed E-state index contributed by atoms with van der Waals surface area (Å²) in [6.45, 7) is 4.72. The van der Waals surface area contributed by atoms with E-state index in [2.05, 4.69) is 0 Å². The predicted molar refractivity (Wildman–Crippen MR) is 47.6 cm³/mol. The second-order valence-corrected chi connectivity index (χ2v) is 2.66. The standard InChI is InChI=1S/C8H18N2O2/c1-3-7(9)8(12)10(4-2)5-6-11/h7,11H,3-6,9H2,1-2H3/t7-/m1/s1. The van der Waals surface area contributed by atoms with Crippen molar-refractivity contribution in [1.29, 1.82) is 0 Å². The minimum absolute atomic E-state index is 0.00395. The van der Waals surface area contributed by atoms with Crippen molar-refractivity contribution in [2.24, 2.45) is 5.73 Å². The lowest BCUT2D eigenvalue weighted by molar-refractivity contribution is -0.132. The first-order valence-electron chi connectivity index (χ1n) is 4.32. The topological polar surface area (TPSA) is 66.6 Å². The van der Waals surface area contributed by atoms with Crippen LogP contribution in [0.2, 0.25) is 0 Å². The molecule has 0 aromatic rings. The fourth-order valence-corrected chi connectivity index (χ4v) is 0.954. The fraction of sp³-hybridized carbons (Fsp3) is 0.875. The predicted octanol–water partition coefficient (Wildman–Crippen LogP) is -0.435. The van der Waals surface area contributed by atoms with Crippen LogP contribution >= 0.6 is 0 Å². The normalized spacial score (nSPS) is 12.7. The van der Waals surface area contributed by atoms with E-state index in [1.54, 1.807) is 4.90 Å². The van der Waals surface area contributed by atoms with Crippen molar-refractivity contribution in [3.8, 4) is 0 Å². The van der Waals surface area contributed by atoms with Gasteiger partial charge < -0.3 is 15.7 Å². The van der Waals surface area contributed by atoms with Gasteiger partial charge in [-0.3, -0.25) is 4.79 Å². The van der Waals surface area contributed by atoms with Gasteiger partial charge in [-0.1, -0.05) is 6.92 Å². The lowest BCUT2D eigenvalue weighted by Crippen LogP contribution is -2.44. The summed E-state index contributed by atoms with van der Waals surface area (Å²) in [6.07, 6.45) is 0.640. The lowest BCUT2D eigenvalue weighted by atomic mass is 10.2. The van der Waals surface area contributed by atoms with E-state index in [9.17, 15) is 4.79 Å². The number of nitrogens with two attached hydrogens (primary N) is 1. The second kappa shape index (κ2) is 5.97. The molecule has 0 aliphatic heterocycles. The monoisotopic (exact) mass is 174 g/mol. The van der Waals surface area contributed by atoms with Crippen LogP contribution in [0.15, 0.2) is 0 Å². The fourth-order valence-electron chi connectivity index (χ4n) is 0.954. The summed E-state index contributed by atoms with van der Waals surface area (Å²) >= 11 is 0. The Balaban J connectivity index is 4.01. The number of aliphatic hydroxyl groups excluding tert-OH is 1. The number of rotatable bonds is 5. The number of carbonyl (C=O) groups excluding carboxylic acids is 1. The van der Waals surface area contributed by atoms with Crippen LogP contribution in [0.25, 0.3) is 0 Å². The van der Waals surface area contributed by atoms with Gasteiger partial charge in [-0.15, -0.1) is 0 Å². The highest BCUT2D eigenvalue weighted by molar-refractivity contribution is 5.81. The Labute approximate surface area is 73.3 Å². The Bertz CT molecular complexity index is 139. The van der Waals surface area contributed by atoms with Crippen LogP contribution in [0, 0.1) is 0 Å². The molecule has 4 nitrogen and oxygen atoms in total. The van der Waals surface area contributed by atoms with Gasteiger partial charge in [0.1, 0.15) is 0 Å². The summed E-state index contributed by atoms with van der Waals surface area (Å²) in [4.78, 5) is 12.9. The molecule has 0 saturated heterocycles. The van der Waals surface area contributed by atoms with E-state index < -0.39 is 6.04 Å². The Morgan fingerprint density at radius 3 is 2.50 bits per heavy atom. The highest BCUT2D eigenvalue weighted by Gasteiger charge is 2.16. The molecule has 12 heavy (non-hydrogen) atoms. The molecule has 0 bridgehead atoms. The van der Waals surface area contributed by atoms with Crippen LogP contribution in [0.1, 0.15) is 20.3 Å². The molecule has 0 radical (unpaired) electrons. The zero-order chi connectivity index (χ0) is 9.56. The second-order valence-electron chi connectivity index (χ2n) is 2.66. The molecular formula is C8H18N2O2. The van der Waals surface area contributed by atoms with Crippen LogP contribution in [0.4, 0.5) is 0 Å². The lowest BCUT2D eigenvalue weighted by Gasteiger charge is -2.22. The van der Waals surface area contributed by atoms with E-state index in [0.29, 0.717) is 19.5 Å². The zero-order valence-electron chi connectivity index (χ0n) is 7.79. The molecule has 4 heteroatoms. The maximum atomic E-state index is 11.4. The van der Waals surface area contributed by atoms with Gasteiger partial charge in [-0.2, -0.15) is 0 Å². The first-order valence-corrected chi connectivity index (χ1v) is 4.32. The number of amides is 1. The van der Waals surface area contributed by atoms with Gasteiger partial charge in [0.25, 0.3) is 0 Å². The summed E-state index contributed by atoms with van der Waals surface area (Å²) in [5, 5.41) is 8.64. The largest absolute Gasteiger partial charge is 0.395 e. The number of likely N-dealkylation sites (N-methyl/N-ethyl adjacent to an activating group) is 1. The highest BCUT2D eigenvalue weighted by atomic mass is 16.3. The molecule has 1 amide bonds. The van der Waals surface area contributed by atoms with Crippen LogP contribution in [-0.4, -0.2) is 41.7 Å². The molecular weight excluding hydrogens is 156 g/mol. The van der Waals surface area contributed by atoms with E-state index in [1.165, 1.54) is 0 Å². The van der Waals surface area contributed by atoms with Crippen molar-refractivity contribution in [2.75, 3.05) is 19.7 Å². The SMILES string of the molecule is CC[C@@H](N)C(=O)N(CC)CCO. The van der Waals surface area contributed by atoms with Gasteiger partial charge in [0.05, 0.1) is 12.6 Å². The third-order valence-electron chi connectivity index (χ3n) is 1.82. The van der Waals surface area contributed by atoms with Gasteiger partial charge in [-0.05, 0) is 13.3 Å². The molecule has 0 aromatic heterocycles. The third-order valence-corrected chi connectivity index (χ3v) is 1.82. The molecule has 0 heterocycles. The number of hydrogen-bond acceptors (Lipinski definition) is 3. The first kappa shape index (κ1) is 11.4. The van der Waals surface area contributed by atoms with Gasteiger partial charge in [0, 0.05) is 13.1 Å². The Hall–Kier alpha value is -0.610. The molecule has 0 aliphatic rings. The van der Waals surface area contributed by atoms with Crippen molar-refractivity contribution in [1.82, 2.24) is 4.90 Å². The first-order chi connectivity index (χ1) is 5.67. The average Bonchev–Trinajstić information content (AvgIpc) is 2.11. The number of carbonyl (C=O) groups is 1. The summed E-state index contributed by atoms with van der Waals surface area (Å²) in [6, 6.07) is -0.420. The van der Waals surface area contributed by atoms with Gasteiger partial charge in [-0.25, -0.2) is 0 Å². The minimum atomic E-state index is -0.420. The van der Waals surface area contributed by atoms with Crippen molar-refractivity contribution in [3.05, 3.63) is 0 Å². The van der Waals surface area contributed by atoms with E-state index in [4.69, 9.17) is 10.8 Å². The average molecular weight is 174 g/mol. The van der Waals surface area contributed by atoms with Crippen LogP contribution in [-0.2, 0) is 4.79 Å². The molecule has 3 N–H and O–H groups in total. The van der Waals surface area contributed by atoms with Gasteiger partial charge >= 0.3 is 0 Å². The van der Waals surface area contributed by atoms with E-state index in [1.807, 2.05) is 13.8 Å². The van der Waals surface area contributed by atoms with E-state index in [0.717, 1.165) is 0 Å². The Morgan fingerprint density at radius 2 is 2.17 bits per heavy atom. The van der Waals surface area contributed by atoms with E-state index >= 15 is 0 Å². The maximum absolute atomic E-state index is 11.4. The number of hydrogen-bond donors (Lipinski definition) is 2. The van der Waals surface area contributed by atoms with E-state index in [-0.39, 0.29) is 12.5 Å². The minimum Gasteiger partial charge on any atom is -0.395 e. The van der Waals surface area contributed by atoms with Crippen LogP contribution in [0.5, 0.6) is 0 Å². The smallest absolute Gasteiger partial charge is 0.239 e. The molecule has 0 spiro atoms. The molecule has 0 saturated carbocycles. The summed E-state index contributed by atoms with van der Waals surface area (Å²) in [7, 11) is 0. The van der Waals surface area contributed by atoms with Crippen molar-refractivity contribution in [2.45, 2.75) is 26.3 Å².